The molecule has 1 aromatic rings. The Balaban J connectivity index is 1.96. The van der Waals surface area contributed by atoms with Crippen LogP contribution in [0.3, 0.4) is 0 Å². The molecule has 6 nitrogen and oxygen atoms in total. The van der Waals surface area contributed by atoms with Gasteiger partial charge in [-0.1, -0.05) is 6.07 Å². The molecule has 1 unspecified atom stereocenters. The van der Waals surface area contributed by atoms with Crippen LogP contribution < -0.4 is 10.2 Å². The van der Waals surface area contributed by atoms with Gasteiger partial charge in [0.05, 0.1) is 19.7 Å². The molecule has 1 aliphatic heterocycles. The van der Waals surface area contributed by atoms with Gasteiger partial charge in [0.2, 0.25) is 0 Å². The zero-order valence-electron chi connectivity index (χ0n) is 12.5. The molecule has 0 bridgehead atoms. The Morgan fingerprint density at radius 1 is 1.43 bits per heavy atom. The van der Waals surface area contributed by atoms with Crippen LogP contribution in [-0.2, 0) is 9.47 Å². The molecule has 1 saturated heterocycles. The third kappa shape index (κ3) is 3.65. The van der Waals surface area contributed by atoms with E-state index in [9.17, 15) is 9.59 Å². The van der Waals surface area contributed by atoms with Crippen LogP contribution in [0.1, 0.15) is 18.1 Å². The molecule has 1 atom stereocenters. The third-order valence-electron chi connectivity index (χ3n) is 3.43. The lowest BCUT2D eigenvalue weighted by Gasteiger charge is -2.14. The van der Waals surface area contributed by atoms with E-state index in [0.29, 0.717) is 13.2 Å². The van der Waals surface area contributed by atoms with E-state index in [2.05, 4.69) is 5.32 Å². The molecule has 6 heteroatoms. The molecule has 1 fully saturated rings. The van der Waals surface area contributed by atoms with Gasteiger partial charge < -0.3 is 14.8 Å². The van der Waals surface area contributed by atoms with E-state index in [-0.39, 0.29) is 12.6 Å². The van der Waals surface area contributed by atoms with Crippen molar-refractivity contribution >= 4 is 17.9 Å². The van der Waals surface area contributed by atoms with Crippen LogP contribution in [0.5, 0.6) is 0 Å². The number of rotatable bonds is 4. The third-order valence-corrected chi connectivity index (χ3v) is 3.43. The van der Waals surface area contributed by atoms with Gasteiger partial charge in [0.25, 0.3) is 0 Å². The molecule has 1 N–H and O–H groups in total. The fourth-order valence-corrected chi connectivity index (χ4v) is 2.11. The smallest absolute Gasteiger partial charge is 0.414 e. The van der Waals surface area contributed by atoms with Gasteiger partial charge in [-0.15, -0.1) is 0 Å². The Bertz CT molecular complexity index is 544. The normalized spacial score (nSPS) is 17.6. The van der Waals surface area contributed by atoms with Crippen LogP contribution in [0.15, 0.2) is 18.2 Å². The molecule has 0 saturated carbocycles. The highest BCUT2D eigenvalue weighted by Crippen LogP contribution is 2.23. The van der Waals surface area contributed by atoms with Crippen LogP contribution in [0.2, 0.25) is 0 Å². The number of cyclic esters (lactones) is 1. The van der Waals surface area contributed by atoms with Crippen LogP contribution in [0, 0.1) is 13.8 Å². The van der Waals surface area contributed by atoms with Gasteiger partial charge in [0, 0.05) is 5.69 Å². The van der Waals surface area contributed by atoms with Crippen LogP contribution in [-0.4, -0.2) is 38.0 Å². The molecule has 0 radical (unpaired) electrons. The zero-order valence-corrected chi connectivity index (χ0v) is 12.5. The first kappa shape index (κ1) is 15.2. The number of carbonyl (C=O) groups excluding carboxylic acids is 2. The number of aryl methyl sites for hydroxylation is 2. The van der Waals surface area contributed by atoms with E-state index in [1.54, 1.807) is 11.8 Å². The molecule has 1 aliphatic rings. The molecule has 0 aliphatic carbocycles. The largest absolute Gasteiger partial charge is 0.450 e. The molecule has 1 heterocycles. The molecular weight excluding hydrogens is 272 g/mol. The summed E-state index contributed by atoms with van der Waals surface area (Å²) in [6, 6.07) is 5.82. The molecule has 0 spiro atoms. The van der Waals surface area contributed by atoms with Gasteiger partial charge in [-0.3, -0.25) is 4.90 Å². The van der Waals surface area contributed by atoms with Crippen molar-refractivity contribution in [3.8, 4) is 0 Å². The number of nitrogens with zero attached hydrogens (tertiary/aromatic N) is 1. The second-order valence-electron chi connectivity index (χ2n) is 4.99. The maximum atomic E-state index is 11.9. The van der Waals surface area contributed by atoms with E-state index in [1.807, 2.05) is 32.0 Å². The predicted octanol–water partition coefficient (Wildman–Crippen LogP) is 2.37. The molecule has 21 heavy (non-hydrogen) atoms. The van der Waals surface area contributed by atoms with Crippen molar-refractivity contribution in [3.63, 3.8) is 0 Å². The SMILES string of the molecule is CCOC(=O)NCC1CN(c2ccc(C)c(C)c2)C(=O)O1. The number of carbonyl (C=O) groups is 2. The maximum Gasteiger partial charge on any atom is 0.414 e. The van der Waals surface area contributed by atoms with Gasteiger partial charge in [-0.2, -0.15) is 0 Å². The molecule has 2 rings (SSSR count). The van der Waals surface area contributed by atoms with Gasteiger partial charge >= 0.3 is 12.2 Å². The van der Waals surface area contributed by atoms with Crippen molar-refractivity contribution in [1.82, 2.24) is 5.32 Å². The second kappa shape index (κ2) is 6.47. The van der Waals surface area contributed by atoms with Crippen LogP contribution in [0.4, 0.5) is 15.3 Å². The topological polar surface area (TPSA) is 67.9 Å². The fourth-order valence-electron chi connectivity index (χ4n) is 2.11. The van der Waals surface area contributed by atoms with Crippen LogP contribution >= 0.6 is 0 Å². The van der Waals surface area contributed by atoms with Crippen molar-refractivity contribution < 1.29 is 19.1 Å². The summed E-state index contributed by atoms with van der Waals surface area (Å²) in [5, 5.41) is 2.57. The minimum absolute atomic E-state index is 0.242. The summed E-state index contributed by atoms with van der Waals surface area (Å²) in [5.41, 5.74) is 3.10. The summed E-state index contributed by atoms with van der Waals surface area (Å²) in [7, 11) is 0. The summed E-state index contributed by atoms with van der Waals surface area (Å²) in [5.74, 6) is 0. The van der Waals surface area contributed by atoms with Crippen molar-refractivity contribution in [3.05, 3.63) is 29.3 Å². The Morgan fingerprint density at radius 2 is 2.19 bits per heavy atom. The first-order chi connectivity index (χ1) is 10.0. The number of hydrogen-bond acceptors (Lipinski definition) is 4. The van der Waals surface area contributed by atoms with Gasteiger partial charge in [-0.05, 0) is 44.0 Å². The van der Waals surface area contributed by atoms with E-state index < -0.39 is 12.2 Å². The molecule has 2 amide bonds. The second-order valence-corrected chi connectivity index (χ2v) is 4.99. The summed E-state index contributed by atoms with van der Waals surface area (Å²) >= 11 is 0. The highest BCUT2D eigenvalue weighted by Gasteiger charge is 2.32. The molecule has 0 aromatic heterocycles. The van der Waals surface area contributed by atoms with Crippen LogP contribution in [0.25, 0.3) is 0 Å². The summed E-state index contributed by atoms with van der Waals surface area (Å²) in [4.78, 5) is 24.7. The summed E-state index contributed by atoms with van der Waals surface area (Å²) in [6.45, 7) is 6.72. The monoisotopic (exact) mass is 292 g/mol. The number of anilines is 1. The fraction of sp³-hybridized carbons (Fsp3) is 0.467. The average Bonchev–Trinajstić information content (AvgIpc) is 2.81. The van der Waals surface area contributed by atoms with E-state index in [1.165, 1.54) is 5.56 Å². The van der Waals surface area contributed by atoms with Crippen molar-refractivity contribution in [1.29, 1.82) is 0 Å². The number of hydrogen-bond donors (Lipinski definition) is 1. The first-order valence-electron chi connectivity index (χ1n) is 6.97. The average molecular weight is 292 g/mol. The van der Waals surface area contributed by atoms with Gasteiger partial charge in [-0.25, -0.2) is 9.59 Å². The molecular formula is C15H20N2O4. The van der Waals surface area contributed by atoms with Gasteiger partial charge in [0.1, 0.15) is 6.10 Å². The Hall–Kier alpha value is -2.24. The Morgan fingerprint density at radius 3 is 2.86 bits per heavy atom. The lowest BCUT2D eigenvalue weighted by atomic mass is 10.1. The van der Waals surface area contributed by atoms with E-state index in [4.69, 9.17) is 9.47 Å². The lowest BCUT2D eigenvalue weighted by molar-refractivity contribution is 0.127. The lowest BCUT2D eigenvalue weighted by Crippen LogP contribution is -2.35. The number of alkyl carbamates (subject to hydrolysis) is 1. The minimum Gasteiger partial charge on any atom is -0.450 e. The number of amides is 2. The minimum atomic E-state index is -0.502. The first-order valence-corrected chi connectivity index (χ1v) is 6.97. The van der Waals surface area contributed by atoms with Crippen molar-refractivity contribution in [2.75, 3.05) is 24.6 Å². The summed E-state index contributed by atoms with van der Waals surface area (Å²) < 4.78 is 10.0. The predicted molar refractivity (Wildman–Crippen MR) is 78.6 cm³/mol. The molecule has 1 aromatic carbocycles. The zero-order chi connectivity index (χ0) is 15.4. The quantitative estimate of drug-likeness (QED) is 0.925. The highest BCUT2D eigenvalue weighted by atomic mass is 16.6. The van der Waals surface area contributed by atoms with Crippen molar-refractivity contribution in [2.24, 2.45) is 0 Å². The van der Waals surface area contributed by atoms with E-state index in [0.717, 1.165) is 11.3 Å². The Labute approximate surface area is 124 Å². The number of nitrogens with one attached hydrogen (secondary N) is 1. The van der Waals surface area contributed by atoms with Gasteiger partial charge in [0.15, 0.2) is 0 Å². The van der Waals surface area contributed by atoms with E-state index >= 15 is 0 Å². The standard InChI is InChI=1S/C15H20N2O4/c1-4-20-14(18)16-8-13-9-17(15(19)21-13)12-6-5-10(2)11(3)7-12/h5-7,13H,4,8-9H2,1-3H3,(H,16,18). The van der Waals surface area contributed by atoms with Crippen molar-refractivity contribution in [2.45, 2.75) is 26.9 Å². The number of benzene rings is 1. The maximum absolute atomic E-state index is 11.9. The number of ether oxygens (including phenoxy) is 2. The highest BCUT2D eigenvalue weighted by molar-refractivity contribution is 5.90. The summed E-state index contributed by atoms with van der Waals surface area (Å²) in [6.07, 6.45) is -1.27. The Kier molecular flexibility index (Phi) is 4.67. The molecule has 114 valence electrons.